The number of β-lactam (4-membered cyclic amide) rings is 1. The van der Waals surface area contributed by atoms with Crippen molar-refractivity contribution in [3.63, 3.8) is 0 Å². The minimum Gasteiger partial charge on any atom is -0.428 e. The highest BCUT2D eigenvalue weighted by Crippen LogP contribution is 2.48. The summed E-state index contributed by atoms with van der Waals surface area (Å²) in [4.78, 5) is 64.3. The monoisotopic (exact) mass is 610 g/mol. The molecule has 22 heteroatoms. The smallest absolute Gasteiger partial charge is 0.417 e. The Kier molecular flexibility index (Phi) is 12.6. The number of carbonyl (C=O) groups is 4. The minimum absolute atomic E-state index is 0.160. The van der Waals surface area contributed by atoms with Crippen molar-refractivity contribution in [2.24, 2.45) is 16.8 Å². The van der Waals surface area contributed by atoms with Gasteiger partial charge in [0.2, 0.25) is 11.9 Å². The average Bonchev–Trinajstić information content (AvgIpc) is 3.44. The summed E-state index contributed by atoms with van der Waals surface area (Å²) in [6, 6.07) is -0.722. The lowest BCUT2D eigenvalue weighted by Crippen LogP contribution is -2.63. The van der Waals surface area contributed by atoms with Gasteiger partial charge in [-0.2, -0.15) is 0 Å². The molecule has 6 radical (unpaired) electrons. The molecule has 212 valence electrons. The molecule has 5 unspecified atom stereocenters. The van der Waals surface area contributed by atoms with E-state index in [0.29, 0.717) is 31.6 Å². The maximum Gasteiger partial charge on any atom is 0.417 e. The molecule has 3 aliphatic heterocycles. The van der Waals surface area contributed by atoms with Gasteiger partial charge in [-0.3, -0.25) is 20.3 Å². The van der Waals surface area contributed by atoms with Gasteiger partial charge in [0, 0.05) is 25.6 Å². The van der Waals surface area contributed by atoms with E-state index in [0.717, 1.165) is 0 Å². The van der Waals surface area contributed by atoms with E-state index in [1.54, 1.807) is 6.92 Å². The van der Waals surface area contributed by atoms with Crippen LogP contribution in [0.1, 0.15) is 20.3 Å². The molecule has 0 aromatic heterocycles. The SMILES string of the molecule is [B]NPOC(=O)NC(=N[C@H]1CCN(CC2=C(C(=O)OPN[B])N3C(=O)C([C@@H](C)O)C3[C@H]2C)C1)NC(=O)OPN[B]. The number of amides is 3. The third-order valence-electron chi connectivity index (χ3n) is 6.51. The third kappa shape index (κ3) is 7.92. The number of carbonyl (C=O) groups excluding carboxylic acids is 4. The lowest BCUT2D eigenvalue weighted by molar-refractivity contribution is -0.162. The van der Waals surface area contributed by atoms with E-state index in [-0.39, 0.29) is 35.6 Å². The Hall–Kier alpha value is -1.83. The molecule has 0 aromatic rings. The first kappa shape index (κ1) is 32.7. The van der Waals surface area contributed by atoms with Crippen molar-refractivity contribution in [3.05, 3.63) is 11.3 Å². The van der Waals surface area contributed by atoms with Crippen LogP contribution in [-0.4, -0.2) is 107 Å². The van der Waals surface area contributed by atoms with E-state index < -0.39 is 57.1 Å². The molecule has 0 spiro atoms. The van der Waals surface area contributed by atoms with Crippen LogP contribution in [0.3, 0.4) is 0 Å². The van der Waals surface area contributed by atoms with Gasteiger partial charge >= 0.3 is 18.2 Å². The van der Waals surface area contributed by atoms with Crippen LogP contribution in [0.25, 0.3) is 0 Å². The predicted molar refractivity (Wildman–Crippen MR) is 151 cm³/mol. The normalized spacial score (nSPS) is 25.5. The van der Waals surface area contributed by atoms with Crippen LogP contribution in [0.2, 0.25) is 0 Å². The third-order valence-corrected chi connectivity index (χ3v) is 7.73. The van der Waals surface area contributed by atoms with Crippen molar-refractivity contribution < 1.29 is 37.9 Å². The Balaban J connectivity index is 1.75. The van der Waals surface area contributed by atoms with Crippen molar-refractivity contribution in [1.82, 2.24) is 35.4 Å². The van der Waals surface area contributed by atoms with Crippen LogP contribution in [0.15, 0.2) is 16.3 Å². The molecule has 3 rings (SSSR count). The van der Waals surface area contributed by atoms with E-state index in [2.05, 4.69) is 30.6 Å². The number of guanidine groups is 1. The van der Waals surface area contributed by atoms with E-state index in [4.69, 9.17) is 37.5 Å². The number of likely N-dealkylation sites (tertiary alicyclic amines) is 1. The van der Waals surface area contributed by atoms with Gasteiger partial charge in [-0.1, -0.05) is 6.92 Å². The number of aliphatic hydroxyl groups is 1. The molecule has 3 amide bonds. The average molecular weight is 610 g/mol. The molecule has 0 aromatic carbocycles. The Bertz CT molecular complexity index is 1020. The molecule has 6 N–H and O–H groups in total. The first-order valence-corrected chi connectivity index (χ1v) is 14.7. The first-order valence-electron chi connectivity index (χ1n) is 12.0. The Morgan fingerprint density at radius 1 is 1.07 bits per heavy atom. The van der Waals surface area contributed by atoms with Crippen LogP contribution in [-0.2, 0) is 23.2 Å². The zero-order valence-electron chi connectivity index (χ0n) is 21.6. The van der Waals surface area contributed by atoms with Gasteiger partial charge in [0.05, 0.1) is 24.1 Å². The number of hydrogen-bond donors (Lipinski definition) is 6. The number of nitrogens with zero attached hydrogens (tertiary/aromatic N) is 3. The zero-order chi connectivity index (χ0) is 29.4. The Morgan fingerprint density at radius 2 is 1.65 bits per heavy atom. The zero-order valence-corrected chi connectivity index (χ0v) is 24.6. The van der Waals surface area contributed by atoms with Crippen molar-refractivity contribution in [3.8, 4) is 0 Å². The number of fused-ring (bicyclic) bond motifs is 1. The molecule has 0 aliphatic carbocycles. The molecule has 0 saturated carbocycles. The number of rotatable bonds is 11. The maximum absolute atomic E-state index is 12.9. The van der Waals surface area contributed by atoms with Gasteiger partial charge in [0.1, 0.15) is 32.6 Å². The number of aliphatic imine (C=N–C) groups is 1. The molecule has 2 fully saturated rings. The van der Waals surface area contributed by atoms with Crippen molar-refractivity contribution >= 4 is 80.8 Å². The maximum atomic E-state index is 12.9. The standard InChI is InChI=1S/C18H28B3N8O8P3/c1-7-10(13(15(32)35-38-25-19)29-12(7)11(8(2)30)14(29)31)6-28-4-3-9(5-28)22-16(23-17(33)36-39-26-20)24-18(34)37-40-27-21/h7-9,11-12,25-27,30,38-40H,3-6H2,1-2H3,(H2,22,23,24,33,34)/t7-,8+,9-,11?,12?/m0/s1. The summed E-state index contributed by atoms with van der Waals surface area (Å²) < 4.78 is 14.8. The second kappa shape index (κ2) is 15.4. The van der Waals surface area contributed by atoms with E-state index in [9.17, 15) is 24.3 Å². The highest BCUT2D eigenvalue weighted by molar-refractivity contribution is 7.32. The molecule has 3 heterocycles. The number of hydrogen-bond acceptors (Lipinski definition) is 13. The van der Waals surface area contributed by atoms with E-state index >= 15 is 0 Å². The molecule has 16 nitrogen and oxygen atoms in total. The fourth-order valence-corrected chi connectivity index (χ4v) is 5.60. The predicted octanol–water partition coefficient (Wildman–Crippen LogP) is -1.93. The topological polar surface area (TPSA) is 195 Å². The molecule has 0 bridgehead atoms. The second-order valence-corrected chi connectivity index (χ2v) is 11.0. The molecular weight excluding hydrogens is 582 g/mol. The summed E-state index contributed by atoms with van der Waals surface area (Å²) in [5, 5.41) is 14.8. The highest BCUT2D eigenvalue weighted by atomic mass is 31.1. The Morgan fingerprint density at radius 3 is 2.20 bits per heavy atom. The fourth-order valence-electron chi connectivity index (χ4n) is 4.94. The quantitative estimate of drug-likeness (QED) is 0.0380. The summed E-state index contributed by atoms with van der Waals surface area (Å²) in [5.41, 5.74) is 0.861. The highest BCUT2D eigenvalue weighted by Gasteiger charge is 2.60. The lowest BCUT2D eigenvalue weighted by Gasteiger charge is -2.46. The van der Waals surface area contributed by atoms with Crippen molar-refractivity contribution in [2.45, 2.75) is 38.5 Å². The fraction of sp³-hybridized carbons (Fsp3) is 0.611. The van der Waals surface area contributed by atoms with Crippen LogP contribution in [0.4, 0.5) is 9.59 Å². The van der Waals surface area contributed by atoms with Crippen LogP contribution in [0.5, 0.6) is 0 Å². The molecule has 8 atom stereocenters. The van der Waals surface area contributed by atoms with Gasteiger partial charge in [0.15, 0.2) is 23.9 Å². The largest absolute Gasteiger partial charge is 0.428 e. The number of aliphatic hydroxyl groups excluding tert-OH is 1. The molecule has 40 heavy (non-hydrogen) atoms. The van der Waals surface area contributed by atoms with Crippen LogP contribution < -0.4 is 25.6 Å². The van der Waals surface area contributed by atoms with Crippen LogP contribution >= 0.6 is 26.9 Å². The summed E-state index contributed by atoms with van der Waals surface area (Å²) in [6.45, 7) is 4.75. The molecule has 3 aliphatic rings. The van der Waals surface area contributed by atoms with Gasteiger partial charge in [0.25, 0.3) is 0 Å². The first-order chi connectivity index (χ1) is 19.1. The van der Waals surface area contributed by atoms with Crippen LogP contribution in [0, 0.1) is 11.8 Å². The number of nitrogens with one attached hydrogen (secondary N) is 5. The Labute approximate surface area is 240 Å². The van der Waals surface area contributed by atoms with Gasteiger partial charge in [-0.15, -0.1) is 0 Å². The van der Waals surface area contributed by atoms with E-state index in [1.165, 1.54) is 4.90 Å². The lowest BCUT2D eigenvalue weighted by atomic mass is 9.77. The van der Waals surface area contributed by atoms with Gasteiger partial charge < -0.3 is 38.6 Å². The van der Waals surface area contributed by atoms with Crippen molar-refractivity contribution in [1.29, 1.82) is 0 Å². The van der Waals surface area contributed by atoms with Gasteiger partial charge in [-0.25, -0.2) is 19.4 Å². The summed E-state index contributed by atoms with van der Waals surface area (Å²) in [7, 11) is 13.9. The summed E-state index contributed by atoms with van der Waals surface area (Å²) >= 11 is 0. The second-order valence-electron chi connectivity index (χ2n) is 8.94. The summed E-state index contributed by atoms with van der Waals surface area (Å²) in [6.07, 6.45) is -2.14. The van der Waals surface area contributed by atoms with Gasteiger partial charge in [-0.05, 0) is 18.9 Å². The molecule has 2 saturated heterocycles. The summed E-state index contributed by atoms with van der Waals surface area (Å²) in [5.74, 6) is -2.05. The van der Waals surface area contributed by atoms with Crippen molar-refractivity contribution in [2.75, 3.05) is 19.6 Å². The molecular formula is C18H28B3N8O8P3. The van der Waals surface area contributed by atoms with E-state index in [1.807, 2.05) is 11.8 Å². The minimum atomic E-state index is -0.910.